The maximum absolute atomic E-state index is 9.35. The van der Waals surface area contributed by atoms with Crippen LogP contribution in [0, 0.1) is 0 Å². The molecule has 0 amide bonds. The highest BCUT2D eigenvalue weighted by molar-refractivity contribution is 4.86. The lowest BCUT2D eigenvalue weighted by molar-refractivity contribution is -0.0965. The molecule has 0 saturated carbocycles. The minimum atomic E-state index is -0.327. The van der Waals surface area contributed by atoms with Gasteiger partial charge in [-0.1, -0.05) is 0 Å². The minimum Gasteiger partial charge on any atom is -0.391 e. The standard InChI is InChI=1S/C9H17NO2/c1-7(11)9-5-10-4-2-3-8(10)6-12-9/h7-9,11H,2-6H2,1H3. The lowest BCUT2D eigenvalue weighted by Crippen LogP contribution is -2.49. The molecule has 70 valence electrons. The summed E-state index contributed by atoms with van der Waals surface area (Å²) in [4.78, 5) is 2.45. The van der Waals surface area contributed by atoms with Crippen LogP contribution in [0.5, 0.6) is 0 Å². The second-order valence-electron chi connectivity index (χ2n) is 3.90. The Bertz CT molecular complexity index is 161. The van der Waals surface area contributed by atoms with Gasteiger partial charge >= 0.3 is 0 Å². The molecule has 12 heavy (non-hydrogen) atoms. The Morgan fingerprint density at radius 2 is 2.42 bits per heavy atom. The van der Waals surface area contributed by atoms with Crippen molar-refractivity contribution in [2.45, 2.75) is 38.0 Å². The molecule has 3 unspecified atom stereocenters. The second-order valence-corrected chi connectivity index (χ2v) is 3.90. The van der Waals surface area contributed by atoms with Gasteiger partial charge in [0.05, 0.1) is 18.8 Å². The molecule has 2 rings (SSSR count). The van der Waals surface area contributed by atoms with E-state index in [-0.39, 0.29) is 12.2 Å². The van der Waals surface area contributed by atoms with Crippen LogP contribution in [0.3, 0.4) is 0 Å². The van der Waals surface area contributed by atoms with Crippen molar-refractivity contribution in [3.05, 3.63) is 0 Å². The quantitative estimate of drug-likeness (QED) is 0.613. The number of hydrogen-bond acceptors (Lipinski definition) is 3. The molecule has 0 aliphatic carbocycles. The van der Waals surface area contributed by atoms with Crippen molar-refractivity contribution in [1.29, 1.82) is 0 Å². The lowest BCUT2D eigenvalue weighted by atomic mass is 10.1. The van der Waals surface area contributed by atoms with Crippen molar-refractivity contribution in [1.82, 2.24) is 4.90 Å². The molecule has 0 aromatic carbocycles. The molecular formula is C9H17NO2. The third kappa shape index (κ3) is 1.49. The van der Waals surface area contributed by atoms with Gasteiger partial charge < -0.3 is 9.84 Å². The molecule has 2 aliphatic heterocycles. The zero-order valence-electron chi connectivity index (χ0n) is 7.57. The normalized spacial score (nSPS) is 39.5. The summed E-state index contributed by atoms with van der Waals surface area (Å²) >= 11 is 0. The molecule has 2 saturated heterocycles. The summed E-state index contributed by atoms with van der Waals surface area (Å²) in [6.45, 7) is 4.73. The largest absolute Gasteiger partial charge is 0.391 e. The predicted molar refractivity (Wildman–Crippen MR) is 46.0 cm³/mol. The number of ether oxygens (including phenoxy) is 1. The smallest absolute Gasteiger partial charge is 0.0958 e. The van der Waals surface area contributed by atoms with Crippen molar-refractivity contribution in [2.24, 2.45) is 0 Å². The summed E-state index contributed by atoms with van der Waals surface area (Å²) in [6.07, 6.45) is 2.28. The average Bonchev–Trinajstić information content (AvgIpc) is 2.49. The van der Waals surface area contributed by atoms with E-state index in [9.17, 15) is 5.11 Å². The molecule has 0 aromatic rings. The molecule has 2 fully saturated rings. The molecule has 0 radical (unpaired) electrons. The monoisotopic (exact) mass is 171 g/mol. The van der Waals surface area contributed by atoms with Gasteiger partial charge in [0.25, 0.3) is 0 Å². The first-order chi connectivity index (χ1) is 5.77. The molecule has 2 heterocycles. The lowest BCUT2D eigenvalue weighted by Gasteiger charge is -2.36. The highest BCUT2D eigenvalue weighted by Gasteiger charge is 2.33. The van der Waals surface area contributed by atoms with E-state index in [0.717, 1.165) is 13.2 Å². The van der Waals surface area contributed by atoms with Crippen molar-refractivity contribution in [3.8, 4) is 0 Å². The second kappa shape index (κ2) is 3.32. The third-order valence-corrected chi connectivity index (χ3v) is 2.95. The Hall–Kier alpha value is -0.120. The van der Waals surface area contributed by atoms with E-state index in [4.69, 9.17) is 4.74 Å². The van der Waals surface area contributed by atoms with Gasteiger partial charge in [0.15, 0.2) is 0 Å². The van der Waals surface area contributed by atoms with Gasteiger partial charge in [-0.2, -0.15) is 0 Å². The molecule has 3 nitrogen and oxygen atoms in total. The number of nitrogens with zero attached hydrogens (tertiary/aromatic N) is 1. The van der Waals surface area contributed by atoms with Crippen LogP contribution in [0.4, 0.5) is 0 Å². The summed E-state index contributed by atoms with van der Waals surface area (Å²) in [7, 11) is 0. The number of morpholine rings is 1. The first kappa shape index (κ1) is 8.48. The van der Waals surface area contributed by atoms with E-state index in [0.29, 0.717) is 6.04 Å². The van der Waals surface area contributed by atoms with Crippen LogP contribution in [-0.4, -0.2) is 48.0 Å². The fraction of sp³-hybridized carbons (Fsp3) is 1.00. The van der Waals surface area contributed by atoms with Crippen LogP contribution in [-0.2, 0) is 4.74 Å². The average molecular weight is 171 g/mol. The molecule has 3 heteroatoms. The number of fused-ring (bicyclic) bond motifs is 1. The molecule has 0 bridgehead atoms. The minimum absolute atomic E-state index is 0.0411. The molecule has 1 N–H and O–H groups in total. The molecule has 0 spiro atoms. The summed E-state index contributed by atoms with van der Waals surface area (Å²) in [5.74, 6) is 0. The highest BCUT2D eigenvalue weighted by atomic mass is 16.5. The maximum atomic E-state index is 9.35. The van der Waals surface area contributed by atoms with Crippen LogP contribution in [0.25, 0.3) is 0 Å². The zero-order chi connectivity index (χ0) is 8.55. The Morgan fingerprint density at radius 3 is 3.17 bits per heavy atom. The summed E-state index contributed by atoms with van der Waals surface area (Å²) in [5, 5.41) is 9.35. The van der Waals surface area contributed by atoms with E-state index in [1.54, 1.807) is 6.92 Å². The Balaban J connectivity index is 1.92. The van der Waals surface area contributed by atoms with Crippen molar-refractivity contribution < 1.29 is 9.84 Å². The summed E-state index contributed by atoms with van der Waals surface area (Å²) < 4.78 is 5.56. The third-order valence-electron chi connectivity index (χ3n) is 2.95. The van der Waals surface area contributed by atoms with E-state index in [1.165, 1.54) is 19.4 Å². The van der Waals surface area contributed by atoms with E-state index >= 15 is 0 Å². The molecular weight excluding hydrogens is 154 g/mol. The van der Waals surface area contributed by atoms with Gasteiger partial charge in [0.1, 0.15) is 0 Å². The first-order valence-corrected chi connectivity index (χ1v) is 4.81. The van der Waals surface area contributed by atoms with E-state index < -0.39 is 0 Å². The van der Waals surface area contributed by atoms with Crippen LogP contribution in [0.1, 0.15) is 19.8 Å². The van der Waals surface area contributed by atoms with Crippen LogP contribution in [0.15, 0.2) is 0 Å². The predicted octanol–water partition coefficient (Wildman–Crippen LogP) is 0.230. The number of aliphatic hydroxyl groups is 1. The van der Waals surface area contributed by atoms with Crippen LogP contribution in [0.2, 0.25) is 0 Å². The fourth-order valence-electron chi connectivity index (χ4n) is 2.13. The zero-order valence-corrected chi connectivity index (χ0v) is 7.57. The van der Waals surface area contributed by atoms with Crippen LogP contribution >= 0.6 is 0 Å². The fourth-order valence-corrected chi connectivity index (χ4v) is 2.13. The van der Waals surface area contributed by atoms with Gasteiger partial charge in [-0.15, -0.1) is 0 Å². The van der Waals surface area contributed by atoms with Gasteiger partial charge in [0, 0.05) is 12.6 Å². The molecule has 3 atom stereocenters. The van der Waals surface area contributed by atoms with Crippen molar-refractivity contribution >= 4 is 0 Å². The molecule has 2 aliphatic rings. The van der Waals surface area contributed by atoms with Crippen LogP contribution < -0.4 is 0 Å². The SMILES string of the molecule is CC(O)C1CN2CCCC2CO1. The van der Waals surface area contributed by atoms with Crippen molar-refractivity contribution in [3.63, 3.8) is 0 Å². The summed E-state index contributed by atoms with van der Waals surface area (Å²) in [5.41, 5.74) is 0. The first-order valence-electron chi connectivity index (χ1n) is 4.81. The molecule has 0 aromatic heterocycles. The number of aliphatic hydroxyl groups excluding tert-OH is 1. The van der Waals surface area contributed by atoms with E-state index in [1.807, 2.05) is 0 Å². The van der Waals surface area contributed by atoms with Gasteiger partial charge in [-0.3, -0.25) is 4.90 Å². The summed E-state index contributed by atoms with van der Waals surface area (Å²) in [6, 6.07) is 0.639. The van der Waals surface area contributed by atoms with Gasteiger partial charge in [-0.25, -0.2) is 0 Å². The van der Waals surface area contributed by atoms with Gasteiger partial charge in [-0.05, 0) is 26.3 Å². The maximum Gasteiger partial charge on any atom is 0.0958 e. The van der Waals surface area contributed by atoms with Crippen molar-refractivity contribution in [2.75, 3.05) is 19.7 Å². The topological polar surface area (TPSA) is 32.7 Å². The Morgan fingerprint density at radius 1 is 1.58 bits per heavy atom. The highest BCUT2D eigenvalue weighted by Crippen LogP contribution is 2.23. The number of hydrogen-bond donors (Lipinski definition) is 1. The van der Waals surface area contributed by atoms with E-state index in [2.05, 4.69) is 4.90 Å². The Labute approximate surface area is 73.3 Å². The Kier molecular flexibility index (Phi) is 2.35. The van der Waals surface area contributed by atoms with Gasteiger partial charge in [0.2, 0.25) is 0 Å². The number of rotatable bonds is 1.